The first-order chi connectivity index (χ1) is 26.8. The van der Waals surface area contributed by atoms with E-state index in [4.69, 9.17) is 9.97 Å². The molecule has 0 amide bonds. The summed E-state index contributed by atoms with van der Waals surface area (Å²) >= 11 is 0. The summed E-state index contributed by atoms with van der Waals surface area (Å²) in [5.74, 6) is 0. The molecule has 252 valence electrons. The molecule has 4 heteroatoms. The Balaban J connectivity index is 1.12. The Morgan fingerprint density at radius 2 is 0.907 bits per heavy atom. The molecule has 0 aliphatic rings. The first-order valence-electron chi connectivity index (χ1n) is 18.1. The second-order valence-corrected chi connectivity index (χ2v) is 13.4. The van der Waals surface area contributed by atoms with Crippen LogP contribution in [0.3, 0.4) is 0 Å². The first kappa shape index (κ1) is 31.4. The standard InChI is InChI=1S/C50H32N4/c1-2-12-36(13-3-1)40-17-11-19-42-49(40)43-30-37(26-27-44(43)54-50(42)41-18-10-15-35-14-4-5-16-39(35)41)33-22-24-34(25-23-33)38-31-47(45-20-6-8-28-51-45)53-48(32-38)46-21-7-9-29-52-46/h1-32H. The van der Waals surface area contributed by atoms with Gasteiger partial charge in [0.15, 0.2) is 0 Å². The SMILES string of the molecule is c1ccc(-c2cccc3c(-c4cccc5ccccc45)nc4ccc(-c5ccc(-c6cc(-c7ccccn7)nc(-c7ccccn7)c6)cc5)cc4c23)cc1. The van der Waals surface area contributed by atoms with Crippen molar-refractivity contribution in [1.82, 2.24) is 19.9 Å². The molecule has 6 aromatic carbocycles. The molecule has 54 heavy (non-hydrogen) atoms. The molecular formula is C50H32N4. The largest absolute Gasteiger partial charge is 0.255 e. The minimum Gasteiger partial charge on any atom is -0.255 e. The van der Waals surface area contributed by atoms with Crippen molar-refractivity contribution in [2.24, 2.45) is 0 Å². The van der Waals surface area contributed by atoms with Crippen LogP contribution in [0.2, 0.25) is 0 Å². The third-order valence-corrected chi connectivity index (χ3v) is 10.2. The Kier molecular flexibility index (Phi) is 7.77. The van der Waals surface area contributed by atoms with Crippen molar-refractivity contribution in [1.29, 1.82) is 0 Å². The van der Waals surface area contributed by atoms with E-state index >= 15 is 0 Å². The molecule has 4 heterocycles. The monoisotopic (exact) mass is 688 g/mol. The Morgan fingerprint density at radius 3 is 1.63 bits per heavy atom. The molecule has 0 fully saturated rings. The second-order valence-electron chi connectivity index (χ2n) is 13.4. The smallest absolute Gasteiger partial charge is 0.0900 e. The van der Waals surface area contributed by atoms with Crippen molar-refractivity contribution < 1.29 is 0 Å². The lowest BCUT2D eigenvalue weighted by Gasteiger charge is -2.16. The molecule has 0 atom stereocenters. The van der Waals surface area contributed by atoms with Crippen LogP contribution in [0.15, 0.2) is 194 Å². The van der Waals surface area contributed by atoms with E-state index in [-0.39, 0.29) is 0 Å². The van der Waals surface area contributed by atoms with Gasteiger partial charge >= 0.3 is 0 Å². The van der Waals surface area contributed by atoms with Crippen LogP contribution in [0.25, 0.3) is 99.9 Å². The molecule has 0 aliphatic carbocycles. The second kappa shape index (κ2) is 13.4. The number of hydrogen-bond donors (Lipinski definition) is 0. The maximum Gasteiger partial charge on any atom is 0.0900 e. The van der Waals surface area contributed by atoms with Crippen LogP contribution in [0.4, 0.5) is 0 Å². The Labute approximate surface area is 313 Å². The fourth-order valence-corrected chi connectivity index (χ4v) is 7.57. The zero-order chi connectivity index (χ0) is 35.8. The van der Waals surface area contributed by atoms with Crippen LogP contribution in [0, 0.1) is 0 Å². The minimum atomic E-state index is 0.809. The van der Waals surface area contributed by atoms with Crippen molar-refractivity contribution >= 4 is 32.4 Å². The predicted octanol–water partition coefficient (Wildman–Crippen LogP) is 12.7. The third kappa shape index (κ3) is 5.67. The zero-order valence-corrected chi connectivity index (χ0v) is 29.3. The van der Waals surface area contributed by atoms with Crippen molar-refractivity contribution in [3.8, 4) is 67.4 Å². The highest BCUT2D eigenvalue weighted by Crippen LogP contribution is 2.41. The molecule has 0 unspecified atom stereocenters. The average Bonchev–Trinajstić information content (AvgIpc) is 3.26. The Morgan fingerprint density at radius 1 is 0.315 bits per heavy atom. The van der Waals surface area contributed by atoms with Gasteiger partial charge in [-0.3, -0.25) is 9.97 Å². The molecule has 0 spiro atoms. The van der Waals surface area contributed by atoms with E-state index in [1.807, 2.05) is 36.4 Å². The molecule has 4 aromatic heterocycles. The van der Waals surface area contributed by atoms with Gasteiger partial charge in [-0.1, -0.05) is 133 Å². The van der Waals surface area contributed by atoms with Gasteiger partial charge in [0.2, 0.25) is 0 Å². The number of nitrogens with zero attached hydrogens (tertiary/aromatic N) is 4. The third-order valence-electron chi connectivity index (χ3n) is 10.2. The van der Waals surface area contributed by atoms with E-state index in [2.05, 4.69) is 156 Å². The van der Waals surface area contributed by atoms with E-state index < -0.39 is 0 Å². The summed E-state index contributed by atoms with van der Waals surface area (Å²) in [6.45, 7) is 0. The fraction of sp³-hybridized carbons (Fsp3) is 0. The van der Waals surface area contributed by atoms with Crippen LogP contribution >= 0.6 is 0 Å². The number of fused-ring (bicyclic) bond motifs is 4. The van der Waals surface area contributed by atoms with Crippen molar-refractivity contribution in [2.75, 3.05) is 0 Å². The van der Waals surface area contributed by atoms with Crippen LogP contribution in [0.1, 0.15) is 0 Å². The molecule has 0 aliphatic heterocycles. The normalized spacial score (nSPS) is 11.3. The van der Waals surface area contributed by atoms with E-state index in [9.17, 15) is 0 Å². The fourth-order valence-electron chi connectivity index (χ4n) is 7.57. The van der Waals surface area contributed by atoms with Crippen molar-refractivity contribution in [2.45, 2.75) is 0 Å². The highest BCUT2D eigenvalue weighted by atomic mass is 14.8. The highest BCUT2D eigenvalue weighted by Gasteiger charge is 2.17. The van der Waals surface area contributed by atoms with Crippen LogP contribution in [-0.4, -0.2) is 19.9 Å². The Bertz CT molecular complexity index is 2900. The number of rotatable bonds is 6. The van der Waals surface area contributed by atoms with Crippen molar-refractivity contribution in [3.63, 3.8) is 0 Å². The first-order valence-corrected chi connectivity index (χ1v) is 18.1. The van der Waals surface area contributed by atoms with E-state index in [1.54, 1.807) is 12.4 Å². The van der Waals surface area contributed by atoms with Gasteiger partial charge in [0.25, 0.3) is 0 Å². The maximum absolute atomic E-state index is 5.40. The van der Waals surface area contributed by atoms with E-state index in [0.29, 0.717) is 0 Å². The van der Waals surface area contributed by atoms with Gasteiger partial charge in [0.05, 0.1) is 34.0 Å². The van der Waals surface area contributed by atoms with E-state index in [0.717, 1.165) is 72.6 Å². The average molecular weight is 689 g/mol. The van der Waals surface area contributed by atoms with Gasteiger partial charge in [-0.2, -0.15) is 0 Å². The van der Waals surface area contributed by atoms with Crippen molar-refractivity contribution in [3.05, 3.63) is 194 Å². The summed E-state index contributed by atoms with van der Waals surface area (Å²) < 4.78 is 0. The number of aromatic nitrogens is 4. The summed E-state index contributed by atoms with van der Waals surface area (Å²) in [6, 6.07) is 63.8. The summed E-state index contributed by atoms with van der Waals surface area (Å²) in [5, 5.41) is 5.87. The van der Waals surface area contributed by atoms with E-state index in [1.165, 1.54) is 27.3 Å². The van der Waals surface area contributed by atoms with Crippen LogP contribution in [0.5, 0.6) is 0 Å². The molecule has 0 saturated carbocycles. The molecule has 10 rings (SSSR count). The lowest BCUT2D eigenvalue weighted by atomic mass is 9.90. The van der Waals surface area contributed by atoms with Crippen LogP contribution < -0.4 is 0 Å². The summed E-state index contributed by atoms with van der Waals surface area (Å²) in [6.07, 6.45) is 3.60. The quantitative estimate of drug-likeness (QED) is 0.163. The van der Waals surface area contributed by atoms with Gasteiger partial charge in [0, 0.05) is 34.1 Å². The number of pyridine rings is 4. The Hall–Kier alpha value is -7.30. The number of hydrogen-bond acceptors (Lipinski definition) is 4. The molecule has 0 bridgehead atoms. The van der Waals surface area contributed by atoms with Gasteiger partial charge < -0.3 is 0 Å². The predicted molar refractivity (Wildman–Crippen MR) is 223 cm³/mol. The van der Waals surface area contributed by atoms with Gasteiger partial charge in [0.1, 0.15) is 0 Å². The van der Waals surface area contributed by atoms with Gasteiger partial charge in [-0.25, -0.2) is 9.97 Å². The lowest BCUT2D eigenvalue weighted by Crippen LogP contribution is -1.94. The molecule has 0 saturated heterocycles. The summed E-state index contributed by atoms with van der Waals surface area (Å²) in [7, 11) is 0. The molecular weight excluding hydrogens is 657 g/mol. The highest BCUT2D eigenvalue weighted by molar-refractivity contribution is 6.19. The zero-order valence-electron chi connectivity index (χ0n) is 29.3. The summed E-state index contributed by atoms with van der Waals surface area (Å²) in [5.41, 5.74) is 13.2. The molecule has 10 aromatic rings. The summed E-state index contributed by atoms with van der Waals surface area (Å²) in [4.78, 5) is 19.5. The molecule has 0 radical (unpaired) electrons. The maximum atomic E-state index is 5.40. The lowest BCUT2D eigenvalue weighted by molar-refractivity contribution is 1.22. The minimum absolute atomic E-state index is 0.809. The topological polar surface area (TPSA) is 51.6 Å². The molecule has 4 nitrogen and oxygen atoms in total. The number of benzene rings is 6. The van der Waals surface area contributed by atoms with Gasteiger partial charge in [-0.15, -0.1) is 0 Å². The van der Waals surface area contributed by atoms with Gasteiger partial charge in [-0.05, 0) is 92.7 Å². The molecule has 0 N–H and O–H groups in total. The van der Waals surface area contributed by atoms with Crippen LogP contribution in [-0.2, 0) is 0 Å².